The quantitative estimate of drug-likeness (QED) is 0.833. The maximum Gasteiger partial charge on any atom is 0.290 e. The molecular formula is C12H17N3O3. The highest BCUT2D eigenvalue weighted by atomic mass is 16.5. The van der Waals surface area contributed by atoms with Crippen LogP contribution in [0.2, 0.25) is 0 Å². The molecule has 2 amide bonds. The van der Waals surface area contributed by atoms with Crippen molar-refractivity contribution in [2.45, 2.75) is 44.6 Å². The van der Waals surface area contributed by atoms with Gasteiger partial charge in [0, 0.05) is 6.07 Å². The van der Waals surface area contributed by atoms with Crippen molar-refractivity contribution >= 4 is 11.8 Å². The van der Waals surface area contributed by atoms with Crippen LogP contribution in [0.3, 0.4) is 0 Å². The maximum absolute atomic E-state index is 12.0. The van der Waals surface area contributed by atoms with Crippen LogP contribution in [-0.2, 0) is 4.79 Å². The number of carbonyl (C=O) groups excluding carboxylic acids is 2. The minimum Gasteiger partial charge on any atom is -0.368 e. The lowest BCUT2D eigenvalue weighted by Gasteiger charge is -2.34. The second-order valence-electron chi connectivity index (χ2n) is 4.79. The van der Waals surface area contributed by atoms with Crippen molar-refractivity contribution in [2.75, 3.05) is 0 Å². The monoisotopic (exact) mass is 251 g/mol. The predicted octanol–water partition coefficient (Wildman–Crippen LogP) is 0.901. The summed E-state index contributed by atoms with van der Waals surface area (Å²) in [7, 11) is 0. The van der Waals surface area contributed by atoms with Gasteiger partial charge < -0.3 is 15.6 Å². The molecule has 0 saturated heterocycles. The summed E-state index contributed by atoms with van der Waals surface area (Å²) in [5, 5.41) is 6.36. The van der Waals surface area contributed by atoms with E-state index in [2.05, 4.69) is 10.5 Å². The lowest BCUT2D eigenvalue weighted by atomic mass is 9.81. The summed E-state index contributed by atoms with van der Waals surface area (Å²) in [6.07, 6.45) is 4.01. The molecule has 1 aliphatic carbocycles. The Bertz CT molecular complexity index is 461. The van der Waals surface area contributed by atoms with Gasteiger partial charge in [0.15, 0.2) is 0 Å². The van der Waals surface area contributed by atoms with Crippen LogP contribution in [0, 0.1) is 6.92 Å². The zero-order chi connectivity index (χ0) is 13.2. The third kappa shape index (κ3) is 2.37. The van der Waals surface area contributed by atoms with Gasteiger partial charge in [0.25, 0.3) is 5.91 Å². The highest BCUT2D eigenvalue weighted by molar-refractivity contribution is 5.97. The molecule has 18 heavy (non-hydrogen) atoms. The van der Waals surface area contributed by atoms with E-state index in [1.54, 1.807) is 6.92 Å². The summed E-state index contributed by atoms with van der Waals surface area (Å²) in [6, 6.07) is 1.53. The molecule has 0 aromatic carbocycles. The lowest BCUT2D eigenvalue weighted by molar-refractivity contribution is -0.125. The smallest absolute Gasteiger partial charge is 0.290 e. The molecule has 1 aromatic rings. The Kier molecular flexibility index (Phi) is 3.36. The van der Waals surface area contributed by atoms with Crippen molar-refractivity contribution < 1.29 is 14.1 Å². The van der Waals surface area contributed by atoms with E-state index >= 15 is 0 Å². The molecule has 0 bridgehead atoms. The van der Waals surface area contributed by atoms with Gasteiger partial charge in [0.1, 0.15) is 5.54 Å². The number of aromatic nitrogens is 1. The van der Waals surface area contributed by atoms with E-state index in [0.717, 1.165) is 19.3 Å². The van der Waals surface area contributed by atoms with Crippen molar-refractivity contribution in [3.63, 3.8) is 0 Å². The molecule has 0 spiro atoms. The Morgan fingerprint density at radius 3 is 2.56 bits per heavy atom. The highest BCUT2D eigenvalue weighted by Gasteiger charge is 2.39. The standard InChI is InChI=1S/C12H17N3O3/c1-8-7-9(18-15-8)10(16)14-12(11(13)17)5-3-2-4-6-12/h7H,2-6H2,1H3,(H2,13,17)(H,14,16). The number of amides is 2. The number of nitrogens with two attached hydrogens (primary N) is 1. The van der Waals surface area contributed by atoms with Gasteiger partial charge >= 0.3 is 0 Å². The molecule has 6 heteroatoms. The number of nitrogens with zero attached hydrogens (tertiary/aromatic N) is 1. The zero-order valence-corrected chi connectivity index (χ0v) is 10.4. The molecular weight excluding hydrogens is 234 g/mol. The fraction of sp³-hybridized carbons (Fsp3) is 0.583. The van der Waals surface area contributed by atoms with Gasteiger partial charge in [-0.1, -0.05) is 24.4 Å². The van der Waals surface area contributed by atoms with E-state index in [1.165, 1.54) is 6.07 Å². The summed E-state index contributed by atoms with van der Waals surface area (Å²) in [6.45, 7) is 1.73. The molecule has 1 heterocycles. The van der Waals surface area contributed by atoms with Gasteiger partial charge in [0.05, 0.1) is 5.69 Å². The van der Waals surface area contributed by atoms with Gasteiger partial charge in [-0.25, -0.2) is 0 Å². The Labute approximate surface area is 105 Å². The molecule has 98 valence electrons. The molecule has 0 atom stereocenters. The molecule has 0 unspecified atom stereocenters. The van der Waals surface area contributed by atoms with Gasteiger partial charge in [-0.3, -0.25) is 9.59 Å². The second-order valence-corrected chi connectivity index (χ2v) is 4.79. The molecule has 3 N–H and O–H groups in total. The molecule has 1 aromatic heterocycles. The molecule has 2 rings (SSSR count). The van der Waals surface area contributed by atoms with E-state index in [0.29, 0.717) is 18.5 Å². The van der Waals surface area contributed by atoms with Gasteiger partial charge in [0.2, 0.25) is 11.7 Å². The summed E-state index contributed by atoms with van der Waals surface area (Å²) < 4.78 is 4.88. The Morgan fingerprint density at radius 1 is 1.39 bits per heavy atom. The van der Waals surface area contributed by atoms with E-state index < -0.39 is 17.4 Å². The van der Waals surface area contributed by atoms with Gasteiger partial charge in [-0.15, -0.1) is 0 Å². The summed E-state index contributed by atoms with van der Waals surface area (Å²) >= 11 is 0. The average Bonchev–Trinajstić information content (AvgIpc) is 2.77. The molecule has 1 aliphatic rings. The molecule has 1 saturated carbocycles. The van der Waals surface area contributed by atoms with Crippen molar-refractivity contribution in [1.29, 1.82) is 0 Å². The van der Waals surface area contributed by atoms with Crippen LogP contribution < -0.4 is 11.1 Å². The number of rotatable bonds is 3. The first kappa shape index (κ1) is 12.6. The van der Waals surface area contributed by atoms with Crippen molar-refractivity contribution in [3.05, 3.63) is 17.5 Å². The van der Waals surface area contributed by atoms with Crippen LogP contribution >= 0.6 is 0 Å². The van der Waals surface area contributed by atoms with E-state index in [9.17, 15) is 9.59 Å². The summed E-state index contributed by atoms with van der Waals surface area (Å²) in [5.41, 5.74) is 5.12. The number of aryl methyl sites for hydroxylation is 1. The van der Waals surface area contributed by atoms with Crippen LogP contribution in [0.4, 0.5) is 0 Å². The number of nitrogens with one attached hydrogen (secondary N) is 1. The fourth-order valence-electron chi connectivity index (χ4n) is 2.34. The number of primary amides is 1. The topological polar surface area (TPSA) is 98.2 Å². The largest absolute Gasteiger partial charge is 0.368 e. The maximum atomic E-state index is 12.0. The van der Waals surface area contributed by atoms with Crippen molar-refractivity contribution in [1.82, 2.24) is 10.5 Å². The van der Waals surface area contributed by atoms with E-state index in [-0.39, 0.29) is 5.76 Å². The first-order valence-corrected chi connectivity index (χ1v) is 6.09. The average molecular weight is 251 g/mol. The third-order valence-corrected chi connectivity index (χ3v) is 3.38. The number of carbonyl (C=O) groups is 2. The third-order valence-electron chi connectivity index (χ3n) is 3.38. The molecule has 6 nitrogen and oxygen atoms in total. The molecule has 0 radical (unpaired) electrons. The zero-order valence-electron chi connectivity index (χ0n) is 10.4. The van der Waals surface area contributed by atoms with Gasteiger partial charge in [-0.05, 0) is 19.8 Å². The van der Waals surface area contributed by atoms with Crippen LogP contribution in [0.15, 0.2) is 10.6 Å². The Morgan fingerprint density at radius 2 is 2.06 bits per heavy atom. The number of hydrogen-bond acceptors (Lipinski definition) is 4. The Balaban J connectivity index is 2.14. The van der Waals surface area contributed by atoms with Crippen molar-refractivity contribution in [2.24, 2.45) is 5.73 Å². The first-order valence-electron chi connectivity index (χ1n) is 6.09. The second kappa shape index (κ2) is 4.80. The predicted molar refractivity (Wildman–Crippen MR) is 63.7 cm³/mol. The Hall–Kier alpha value is -1.85. The minimum atomic E-state index is -0.934. The van der Waals surface area contributed by atoms with E-state index in [1.807, 2.05) is 0 Å². The van der Waals surface area contributed by atoms with Crippen molar-refractivity contribution in [3.8, 4) is 0 Å². The van der Waals surface area contributed by atoms with Crippen LogP contribution in [0.25, 0.3) is 0 Å². The first-order chi connectivity index (χ1) is 8.53. The summed E-state index contributed by atoms with van der Waals surface area (Å²) in [4.78, 5) is 23.6. The van der Waals surface area contributed by atoms with Crippen LogP contribution in [-0.4, -0.2) is 22.5 Å². The fourth-order valence-corrected chi connectivity index (χ4v) is 2.34. The SMILES string of the molecule is Cc1cc(C(=O)NC2(C(N)=O)CCCCC2)on1. The number of hydrogen-bond donors (Lipinski definition) is 2. The molecule has 0 aliphatic heterocycles. The normalized spacial score (nSPS) is 18.3. The lowest BCUT2D eigenvalue weighted by Crippen LogP contribution is -2.58. The van der Waals surface area contributed by atoms with Gasteiger partial charge in [-0.2, -0.15) is 0 Å². The molecule has 1 fully saturated rings. The highest BCUT2D eigenvalue weighted by Crippen LogP contribution is 2.28. The van der Waals surface area contributed by atoms with Crippen LogP contribution in [0.5, 0.6) is 0 Å². The van der Waals surface area contributed by atoms with Crippen LogP contribution in [0.1, 0.15) is 48.4 Å². The van der Waals surface area contributed by atoms with E-state index in [4.69, 9.17) is 10.3 Å². The summed E-state index contributed by atoms with van der Waals surface area (Å²) in [5.74, 6) is -0.804. The minimum absolute atomic E-state index is 0.110.